The molecule has 4 saturated carbocycles. The molecule has 0 saturated heterocycles. The number of carboxylic acid groups (broad SMARTS) is 1. The van der Waals surface area contributed by atoms with Crippen LogP contribution in [0.4, 0.5) is 0 Å². The Morgan fingerprint density at radius 2 is 1.70 bits per heavy atom. The first-order valence-corrected chi connectivity index (χ1v) is 14.9. The predicted octanol–water partition coefficient (Wildman–Crippen LogP) is 3.04. The molecule has 1 radical (unpaired) electrons. The van der Waals surface area contributed by atoms with Gasteiger partial charge in [-0.15, -0.1) is 0 Å². The number of rotatable bonds is 8. The van der Waals surface area contributed by atoms with Gasteiger partial charge in [-0.3, -0.25) is 14.1 Å². The maximum absolute atomic E-state index is 12.1. The first-order valence-electron chi connectivity index (χ1n) is 13.6. The molecule has 4 N–H and O–H groups in total. The molecule has 4 aliphatic carbocycles. The Kier molecular flexibility index (Phi) is 9.91. The Bertz CT molecular complexity index is 962. The van der Waals surface area contributed by atoms with Gasteiger partial charge in [-0.05, 0) is 104 Å². The van der Waals surface area contributed by atoms with Gasteiger partial charge in [0.25, 0.3) is 0 Å². The summed E-state index contributed by atoms with van der Waals surface area (Å²) in [5.74, 6) is 0.732. The van der Waals surface area contributed by atoms with E-state index in [1.54, 1.807) is 0 Å². The molecule has 0 bridgehead atoms. The van der Waals surface area contributed by atoms with Crippen molar-refractivity contribution < 1.29 is 37.0 Å². The van der Waals surface area contributed by atoms with Crippen LogP contribution in [0.1, 0.15) is 85.0 Å². The van der Waals surface area contributed by atoms with Crippen molar-refractivity contribution in [2.24, 2.45) is 46.3 Å². The topological polar surface area (TPSA) is 150 Å². The van der Waals surface area contributed by atoms with E-state index in [1.165, 1.54) is 0 Å². The number of hydrogen-bond donors (Lipinski definition) is 4. The molecule has 0 spiro atoms. The van der Waals surface area contributed by atoms with Crippen molar-refractivity contribution in [1.29, 1.82) is 0 Å². The summed E-state index contributed by atoms with van der Waals surface area (Å²) < 4.78 is 36.6. The first-order chi connectivity index (χ1) is 16.7. The fraction of sp³-hybridized carbons (Fsp3) is 0.923. The van der Waals surface area contributed by atoms with E-state index in [0.717, 1.165) is 38.5 Å². The second-order valence-electron chi connectivity index (χ2n) is 12.6. The SMILES string of the molecule is C[C@H](CCC(=O)NCC(=O)O)[C@H]1CC[C@H]2[C@@H]3[C@H](O)C[C@@H]4C[C@H](OS(=O)(=O)O)CC[C@]4(C)[C@H]3CC[C@]12C.[Na]. The second-order valence-corrected chi connectivity index (χ2v) is 13.7. The van der Waals surface area contributed by atoms with Gasteiger partial charge in [0.05, 0.1) is 12.2 Å². The molecular formula is C26H43NNaO8S. The number of amides is 1. The zero-order chi connectivity index (χ0) is 26.5. The maximum atomic E-state index is 12.1. The minimum atomic E-state index is -4.48. The molecule has 4 fully saturated rings. The average molecular weight is 553 g/mol. The van der Waals surface area contributed by atoms with E-state index in [2.05, 4.69) is 26.1 Å². The van der Waals surface area contributed by atoms with E-state index >= 15 is 0 Å². The van der Waals surface area contributed by atoms with Crippen molar-refractivity contribution in [2.75, 3.05) is 6.54 Å². The molecule has 0 aromatic rings. The molecular weight excluding hydrogens is 509 g/mol. The van der Waals surface area contributed by atoms with Gasteiger partial charge < -0.3 is 15.5 Å². The molecule has 0 heterocycles. The van der Waals surface area contributed by atoms with Crippen LogP contribution in [0.3, 0.4) is 0 Å². The molecule has 0 aromatic heterocycles. The quantitative estimate of drug-likeness (QED) is 0.265. The fourth-order valence-electron chi connectivity index (χ4n) is 9.24. The Balaban J connectivity index is 0.00000380. The van der Waals surface area contributed by atoms with Gasteiger partial charge in [0.2, 0.25) is 5.91 Å². The summed E-state index contributed by atoms with van der Waals surface area (Å²) >= 11 is 0. The molecule has 11 heteroatoms. The number of nitrogens with one attached hydrogen (secondary N) is 1. The minimum Gasteiger partial charge on any atom is -0.480 e. The zero-order valence-electron chi connectivity index (χ0n) is 22.7. The fourth-order valence-corrected chi connectivity index (χ4v) is 9.76. The van der Waals surface area contributed by atoms with E-state index < -0.39 is 28.6 Å². The Labute approximate surface area is 243 Å². The molecule has 10 atom stereocenters. The summed E-state index contributed by atoms with van der Waals surface area (Å²) in [6, 6.07) is 0. The monoisotopic (exact) mass is 552 g/mol. The molecule has 207 valence electrons. The molecule has 0 unspecified atom stereocenters. The molecule has 0 aliphatic heterocycles. The molecule has 0 aromatic carbocycles. The normalized spacial score (nSPS) is 41.9. The van der Waals surface area contributed by atoms with Crippen LogP contribution in [-0.2, 0) is 24.2 Å². The van der Waals surface area contributed by atoms with Crippen LogP contribution in [0, 0.1) is 46.3 Å². The third-order valence-corrected chi connectivity index (χ3v) is 11.4. The number of carbonyl (C=O) groups excluding carboxylic acids is 1. The summed E-state index contributed by atoms with van der Waals surface area (Å²) in [7, 11) is -4.48. The summed E-state index contributed by atoms with van der Waals surface area (Å²) in [5, 5.41) is 22.7. The van der Waals surface area contributed by atoms with Crippen molar-refractivity contribution >= 4 is 51.8 Å². The molecule has 4 aliphatic rings. The van der Waals surface area contributed by atoms with Gasteiger partial charge in [0, 0.05) is 36.0 Å². The summed E-state index contributed by atoms with van der Waals surface area (Å²) in [6.07, 6.45) is 6.98. The molecule has 37 heavy (non-hydrogen) atoms. The Morgan fingerprint density at radius 1 is 1.05 bits per heavy atom. The van der Waals surface area contributed by atoms with E-state index in [4.69, 9.17) is 13.8 Å². The largest absolute Gasteiger partial charge is 0.480 e. The van der Waals surface area contributed by atoms with Crippen molar-refractivity contribution in [2.45, 2.75) is 97.2 Å². The smallest absolute Gasteiger partial charge is 0.397 e. The van der Waals surface area contributed by atoms with Crippen molar-refractivity contribution in [1.82, 2.24) is 5.32 Å². The number of carboxylic acids is 1. The average Bonchev–Trinajstić information content (AvgIpc) is 3.13. The van der Waals surface area contributed by atoms with Crippen molar-refractivity contribution in [3.05, 3.63) is 0 Å². The molecule has 9 nitrogen and oxygen atoms in total. The number of aliphatic hydroxyl groups excluding tert-OH is 1. The number of fused-ring (bicyclic) bond motifs is 5. The van der Waals surface area contributed by atoms with Gasteiger partial charge in [-0.1, -0.05) is 20.8 Å². The number of aliphatic carboxylic acids is 1. The van der Waals surface area contributed by atoms with Gasteiger partial charge in [0.15, 0.2) is 0 Å². The number of hydrogen-bond acceptors (Lipinski definition) is 6. The van der Waals surface area contributed by atoms with Crippen LogP contribution in [0.5, 0.6) is 0 Å². The summed E-state index contributed by atoms with van der Waals surface area (Å²) in [6.45, 7) is 6.56. The van der Waals surface area contributed by atoms with E-state index in [9.17, 15) is 23.1 Å². The Hall–Kier alpha value is -0.230. The third-order valence-electron chi connectivity index (χ3n) is 10.9. The molecule has 4 rings (SSSR count). The van der Waals surface area contributed by atoms with Gasteiger partial charge in [-0.2, -0.15) is 8.42 Å². The van der Waals surface area contributed by atoms with Gasteiger partial charge >= 0.3 is 16.4 Å². The van der Waals surface area contributed by atoms with Gasteiger partial charge in [0.1, 0.15) is 6.54 Å². The first kappa shape index (κ1) is 31.3. The minimum absolute atomic E-state index is 0. The van der Waals surface area contributed by atoms with Crippen LogP contribution in [0.25, 0.3) is 0 Å². The summed E-state index contributed by atoms with van der Waals surface area (Å²) in [5.41, 5.74) is 0.129. The van der Waals surface area contributed by atoms with Crippen LogP contribution >= 0.6 is 0 Å². The molecule has 1 amide bonds. The van der Waals surface area contributed by atoms with E-state index in [0.29, 0.717) is 49.4 Å². The third kappa shape index (κ3) is 6.41. The number of carbonyl (C=O) groups is 2. The number of aliphatic hydroxyl groups is 1. The van der Waals surface area contributed by atoms with Crippen LogP contribution in [0.2, 0.25) is 0 Å². The predicted molar refractivity (Wildman–Crippen MR) is 138 cm³/mol. The van der Waals surface area contributed by atoms with E-state index in [1.807, 2.05) is 0 Å². The second kappa shape index (κ2) is 11.7. The Morgan fingerprint density at radius 3 is 2.35 bits per heavy atom. The standard InChI is InChI=1S/C26H43NO8S.Na/c1-15(4-7-22(29)27-14-23(30)31)18-5-6-19-24-20(9-11-26(18,19)3)25(2)10-8-17(35-36(32,33)34)12-16(25)13-21(24)28;/h15-21,24,28H,4-14H2,1-3H3,(H,27,29)(H,30,31)(H,32,33,34);/t15-,16+,17-,18-,19+,20+,21-,24+,25+,26-;/m1./s1. The van der Waals surface area contributed by atoms with Crippen molar-refractivity contribution in [3.63, 3.8) is 0 Å². The maximum Gasteiger partial charge on any atom is 0.397 e. The zero-order valence-corrected chi connectivity index (χ0v) is 25.5. The van der Waals surface area contributed by atoms with Crippen LogP contribution in [-0.4, -0.2) is 83.4 Å². The van der Waals surface area contributed by atoms with Gasteiger partial charge in [-0.25, -0.2) is 4.18 Å². The van der Waals surface area contributed by atoms with Crippen LogP contribution in [0.15, 0.2) is 0 Å². The van der Waals surface area contributed by atoms with E-state index in [-0.39, 0.29) is 64.7 Å². The van der Waals surface area contributed by atoms with Crippen LogP contribution < -0.4 is 5.32 Å². The van der Waals surface area contributed by atoms with Crippen molar-refractivity contribution in [3.8, 4) is 0 Å². The summed E-state index contributed by atoms with van der Waals surface area (Å²) in [4.78, 5) is 22.8.